The van der Waals surface area contributed by atoms with E-state index >= 15 is 0 Å². The highest BCUT2D eigenvalue weighted by atomic mass is 79.9. The van der Waals surface area contributed by atoms with Gasteiger partial charge in [-0.2, -0.15) is 0 Å². The maximum absolute atomic E-state index is 12.1. The van der Waals surface area contributed by atoms with Crippen LogP contribution in [0.2, 0.25) is 0 Å². The van der Waals surface area contributed by atoms with Crippen molar-refractivity contribution in [1.82, 2.24) is 4.98 Å². The number of carbonyl (C=O) groups excluding carboxylic acids is 1. The average Bonchev–Trinajstić information content (AvgIpc) is 2.49. The van der Waals surface area contributed by atoms with E-state index in [9.17, 15) is 14.9 Å². The maximum Gasteiger partial charge on any atom is 0.271 e. The Kier molecular flexibility index (Phi) is 4.45. The first-order valence-electron chi connectivity index (χ1n) is 5.69. The molecule has 2 rings (SSSR count). The van der Waals surface area contributed by atoms with Crippen LogP contribution in [-0.2, 0) is 0 Å². The van der Waals surface area contributed by atoms with Crippen LogP contribution in [0.15, 0.2) is 41.0 Å². The van der Waals surface area contributed by atoms with Crippen LogP contribution in [0.25, 0.3) is 0 Å². The Hall–Kier alpha value is -2.52. The molecular weight excluding hydrogens is 342 g/mol. The molecule has 0 saturated carbocycles. The summed E-state index contributed by atoms with van der Waals surface area (Å²) in [5, 5.41) is 13.3. The van der Waals surface area contributed by atoms with Crippen molar-refractivity contribution in [2.75, 3.05) is 10.7 Å². The summed E-state index contributed by atoms with van der Waals surface area (Å²) in [4.78, 5) is 26.2. The normalized spacial score (nSPS) is 10.0. The highest BCUT2D eigenvalue weighted by molar-refractivity contribution is 9.10. The van der Waals surface area contributed by atoms with Gasteiger partial charge < -0.3 is 10.7 Å². The zero-order valence-electron chi connectivity index (χ0n) is 10.5. The number of anilines is 2. The van der Waals surface area contributed by atoms with Crippen molar-refractivity contribution >= 4 is 39.0 Å². The summed E-state index contributed by atoms with van der Waals surface area (Å²) in [6.07, 6.45) is 1.42. The molecule has 108 valence electrons. The van der Waals surface area contributed by atoms with Gasteiger partial charge in [-0.3, -0.25) is 14.9 Å². The van der Waals surface area contributed by atoms with E-state index in [0.29, 0.717) is 21.5 Å². The Morgan fingerprint density at radius 2 is 2.10 bits per heavy atom. The molecule has 0 radical (unpaired) electrons. The third-order valence-corrected chi connectivity index (χ3v) is 3.27. The molecule has 4 N–H and O–H groups in total. The number of benzene rings is 1. The third-order valence-electron chi connectivity index (χ3n) is 2.58. The van der Waals surface area contributed by atoms with Crippen molar-refractivity contribution in [3.05, 3.63) is 56.7 Å². The molecule has 9 heteroatoms. The number of hydrazine groups is 1. The van der Waals surface area contributed by atoms with Gasteiger partial charge in [0.15, 0.2) is 0 Å². The quantitative estimate of drug-likeness (QED) is 0.441. The summed E-state index contributed by atoms with van der Waals surface area (Å²) in [7, 11) is 0. The van der Waals surface area contributed by atoms with Gasteiger partial charge in [-0.15, -0.1) is 0 Å². The monoisotopic (exact) mass is 351 g/mol. The first kappa shape index (κ1) is 14.9. The Morgan fingerprint density at radius 1 is 1.33 bits per heavy atom. The Labute approximate surface area is 127 Å². The van der Waals surface area contributed by atoms with Crippen molar-refractivity contribution in [3.63, 3.8) is 0 Å². The lowest BCUT2D eigenvalue weighted by molar-refractivity contribution is -0.384. The molecule has 0 aliphatic rings. The van der Waals surface area contributed by atoms with E-state index in [1.165, 1.54) is 36.5 Å². The second kappa shape index (κ2) is 6.29. The number of nitrogens with zero attached hydrogens (tertiary/aromatic N) is 2. The highest BCUT2D eigenvalue weighted by Gasteiger charge is 2.13. The number of carbonyl (C=O) groups is 1. The van der Waals surface area contributed by atoms with E-state index in [0.717, 1.165) is 0 Å². The fraction of sp³-hybridized carbons (Fsp3) is 0. The van der Waals surface area contributed by atoms with Gasteiger partial charge >= 0.3 is 0 Å². The average molecular weight is 352 g/mol. The molecular formula is C12H10BrN5O3. The van der Waals surface area contributed by atoms with Crippen LogP contribution in [0.1, 0.15) is 10.4 Å². The van der Waals surface area contributed by atoms with Crippen molar-refractivity contribution in [1.29, 1.82) is 0 Å². The number of pyridine rings is 1. The molecule has 21 heavy (non-hydrogen) atoms. The molecule has 1 amide bonds. The predicted octanol–water partition coefficient (Wildman–Crippen LogP) is 2.29. The predicted molar refractivity (Wildman–Crippen MR) is 80.8 cm³/mol. The second-order valence-electron chi connectivity index (χ2n) is 3.95. The van der Waals surface area contributed by atoms with E-state index < -0.39 is 10.8 Å². The molecule has 0 bridgehead atoms. The molecule has 0 unspecified atom stereocenters. The first-order chi connectivity index (χ1) is 10.0. The molecule has 1 aromatic heterocycles. The second-order valence-corrected chi connectivity index (χ2v) is 4.80. The van der Waals surface area contributed by atoms with Crippen molar-refractivity contribution in [2.45, 2.75) is 0 Å². The highest BCUT2D eigenvalue weighted by Crippen LogP contribution is 2.27. The number of nitrogens with one attached hydrogen (secondary N) is 2. The standard InChI is InChI=1S/C12H10BrN5O3/c13-9-2-1-8(18(20)21)6-10(9)16-12(19)7-3-4-15-11(5-7)17-14/h1-6H,14H2,(H,15,17)(H,16,19). The van der Waals surface area contributed by atoms with E-state index in [4.69, 9.17) is 5.84 Å². The van der Waals surface area contributed by atoms with E-state index in [1.807, 2.05) is 0 Å². The van der Waals surface area contributed by atoms with Crippen molar-refractivity contribution < 1.29 is 9.72 Å². The number of rotatable bonds is 4. The van der Waals surface area contributed by atoms with Crippen molar-refractivity contribution in [2.24, 2.45) is 5.84 Å². The molecule has 0 spiro atoms. The molecule has 2 aromatic rings. The Morgan fingerprint density at radius 3 is 2.76 bits per heavy atom. The van der Waals surface area contributed by atoms with Gasteiger partial charge in [0.25, 0.3) is 11.6 Å². The lowest BCUT2D eigenvalue weighted by Crippen LogP contribution is -2.14. The maximum atomic E-state index is 12.1. The van der Waals surface area contributed by atoms with Crippen LogP contribution >= 0.6 is 15.9 Å². The van der Waals surface area contributed by atoms with Gasteiger partial charge in [-0.05, 0) is 34.1 Å². The SMILES string of the molecule is NNc1cc(C(=O)Nc2cc([N+](=O)[O-])ccc2Br)ccn1. The van der Waals surface area contributed by atoms with Gasteiger partial charge in [0, 0.05) is 28.4 Å². The van der Waals surface area contributed by atoms with Crippen LogP contribution in [0, 0.1) is 10.1 Å². The summed E-state index contributed by atoms with van der Waals surface area (Å²) >= 11 is 3.23. The largest absolute Gasteiger partial charge is 0.321 e. The van der Waals surface area contributed by atoms with Crippen LogP contribution in [0.4, 0.5) is 17.2 Å². The zero-order valence-corrected chi connectivity index (χ0v) is 12.1. The minimum atomic E-state index is -0.537. The number of nitrogen functional groups attached to an aromatic ring is 1. The van der Waals surface area contributed by atoms with Crippen LogP contribution in [0.3, 0.4) is 0 Å². The Bertz CT molecular complexity index is 707. The minimum Gasteiger partial charge on any atom is -0.321 e. The molecule has 1 heterocycles. The fourth-order valence-corrected chi connectivity index (χ4v) is 1.91. The number of hydrogen-bond acceptors (Lipinski definition) is 6. The fourth-order valence-electron chi connectivity index (χ4n) is 1.57. The molecule has 0 atom stereocenters. The summed E-state index contributed by atoms with van der Waals surface area (Å²) < 4.78 is 0.535. The van der Waals surface area contributed by atoms with Gasteiger partial charge in [0.2, 0.25) is 0 Å². The Balaban J connectivity index is 2.26. The summed E-state index contributed by atoms with van der Waals surface area (Å²) in [5.74, 6) is 5.12. The molecule has 8 nitrogen and oxygen atoms in total. The molecule has 0 aliphatic heterocycles. The lowest BCUT2D eigenvalue weighted by atomic mass is 10.2. The smallest absolute Gasteiger partial charge is 0.271 e. The number of hydrogen-bond donors (Lipinski definition) is 3. The number of nitro groups is 1. The lowest BCUT2D eigenvalue weighted by Gasteiger charge is -2.08. The number of halogens is 1. The van der Waals surface area contributed by atoms with E-state index in [2.05, 4.69) is 31.7 Å². The van der Waals surface area contributed by atoms with Crippen LogP contribution in [-0.4, -0.2) is 15.8 Å². The van der Waals surface area contributed by atoms with Gasteiger partial charge in [0.1, 0.15) is 5.82 Å². The number of nitrogens with two attached hydrogens (primary N) is 1. The van der Waals surface area contributed by atoms with Gasteiger partial charge in [0.05, 0.1) is 10.6 Å². The first-order valence-corrected chi connectivity index (χ1v) is 6.48. The summed E-state index contributed by atoms with van der Waals surface area (Å²) in [5.41, 5.74) is 2.83. The van der Waals surface area contributed by atoms with E-state index in [-0.39, 0.29) is 5.69 Å². The summed E-state index contributed by atoms with van der Waals surface area (Å²) in [6.45, 7) is 0. The van der Waals surface area contributed by atoms with Crippen LogP contribution in [0.5, 0.6) is 0 Å². The number of non-ortho nitro benzene ring substituents is 1. The number of amides is 1. The van der Waals surface area contributed by atoms with Gasteiger partial charge in [-0.25, -0.2) is 10.8 Å². The van der Waals surface area contributed by atoms with Crippen molar-refractivity contribution in [3.8, 4) is 0 Å². The zero-order chi connectivity index (χ0) is 15.4. The van der Waals surface area contributed by atoms with Crippen LogP contribution < -0.4 is 16.6 Å². The minimum absolute atomic E-state index is 0.118. The number of aromatic nitrogens is 1. The van der Waals surface area contributed by atoms with E-state index in [1.54, 1.807) is 0 Å². The molecule has 0 aliphatic carbocycles. The van der Waals surface area contributed by atoms with Gasteiger partial charge in [-0.1, -0.05) is 0 Å². The molecule has 0 fully saturated rings. The third kappa shape index (κ3) is 3.52. The number of nitro benzene ring substituents is 1. The topological polar surface area (TPSA) is 123 Å². The summed E-state index contributed by atoms with van der Waals surface area (Å²) in [6, 6.07) is 7.06. The molecule has 1 aromatic carbocycles. The molecule has 0 saturated heterocycles.